The summed E-state index contributed by atoms with van der Waals surface area (Å²) in [5.74, 6) is 0.0499. The third kappa shape index (κ3) is 2.72. The van der Waals surface area contributed by atoms with E-state index in [4.69, 9.17) is 0 Å². The largest absolute Gasteiger partial charge is 0.433 e. The highest BCUT2D eigenvalue weighted by Crippen LogP contribution is 2.30. The second kappa shape index (κ2) is 4.57. The molecule has 0 unspecified atom stereocenters. The third-order valence-electron chi connectivity index (χ3n) is 1.80. The first-order chi connectivity index (χ1) is 8.00. The van der Waals surface area contributed by atoms with Crippen LogP contribution in [0.4, 0.5) is 13.2 Å². The number of aromatic nitrogens is 4. The molecule has 2 aromatic rings. The van der Waals surface area contributed by atoms with Gasteiger partial charge in [0.15, 0.2) is 11.5 Å². The van der Waals surface area contributed by atoms with Gasteiger partial charge in [-0.3, -0.25) is 0 Å². The summed E-state index contributed by atoms with van der Waals surface area (Å²) in [4.78, 5) is 7.23. The Labute approximate surface area is 103 Å². The van der Waals surface area contributed by atoms with E-state index < -0.39 is 11.9 Å². The molecule has 0 aliphatic rings. The maximum absolute atomic E-state index is 12.6. The fourth-order valence-corrected chi connectivity index (χ4v) is 1.64. The Morgan fingerprint density at radius 3 is 2.59 bits per heavy atom. The molecule has 0 aromatic carbocycles. The second-order valence-electron chi connectivity index (χ2n) is 2.93. The summed E-state index contributed by atoms with van der Waals surface area (Å²) in [6.07, 6.45) is -1.58. The van der Waals surface area contributed by atoms with Crippen LogP contribution in [-0.2, 0) is 6.18 Å². The highest BCUT2D eigenvalue weighted by Gasteiger charge is 2.33. The predicted molar refractivity (Wildman–Crippen MR) is 59.0 cm³/mol. The van der Waals surface area contributed by atoms with Gasteiger partial charge in [-0.15, -0.1) is 11.7 Å². The van der Waals surface area contributed by atoms with Gasteiger partial charge >= 0.3 is 6.18 Å². The Hall–Kier alpha value is -1.22. The average Bonchev–Trinajstić information content (AvgIpc) is 2.80. The highest BCUT2D eigenvalue weighted by atomic mass is 33.1. The van der Waals surface area contributed by atoms with Crippen LogP contribution in [0.5, 0.6) is 0 Å². The Morgan fingerprint density at radius 2 is 2.06 bits per heavy atom. The quantitative estimate of drug-likeness (QED) is 0.521. The van der Waals surface area contributed by atoms with E-state index in [2.05, 4.69) is 26.7 Å². The Bertz CT molecular complexity index is 512. The minimum Gasteiger partial charge on any atom is -0.223 e. The molecule has 0 saturated carbocycles. The summed E-state index contributed by atoms with van der Waals surface area (Å²) >= 11 is 3.79. The molecule has 0 aliphatic heterocycles. The van der Waals surface area contributed by atoms with E-state index in [9.17, 15) is 13.2 Å². The molecule has 9 heteroatoms. The maximum atomic E-state index is 12.6. The molecule has 4 nitrogen and oxygen atoms in total. The molecule has 0 atom stereocenters. The molecule has 0 radical (unpaired) electrons. The molecule has 2 rings (SSSR count). The molecule has 0 saturated heterocycles. The zero-order valence-corrected chi connectivity index (χ0v) is 9.80. The summed E-state index contributed by atoms with van der Waals surface area (Å²) < 4.78 is 38.9. The normalized spacial score (nSPS) is 11.8. The van der Waals surface area contributed by atoms with Gasteiger partial charge in [-0.05, 0) is 16.9 Å². The van der Waals surface area contributed by atoms with E-state index in [1.54, 1.807) is 6.07 Å². The van der Waals surface area contributed by atoms with E-state index in [1.165, 1.54) is 17.1 Å². The van der Waals surface area contributed by atoms with Gasteiger partial charge in [-0.2, -0.15) is 18.3 Å². The lowest BCUT2D eigenvalue weighted by molar-refractivity contribution is -0.141. The van der Waals surface area contributed by atoms with E-state index in [-0.39, 0.29) is 11.0 Å². The minimum atomic E-state index is -4.52. The fourth-order valence-electron chi connectivity index (χ4n) is 1.12. The summed E-state index contributed by atoms with van der Waals surface area (Å²) in [7, 11) is 0.742. The van der Waals surface area contributed by atoms with Crippen LogP contribution in [0.15, 0.2) is 29.7 Å². The van der Waals surface area contributed by atoms with Crippen molar-refractivity contribution in [2.45, 2.75) is 11.3 Å². The number of alkyl halides is 3. The van der Waals surface area contributed by atoms with Crippen LogP contribution in [0, 0.1) is 0 Å². The highest BCUT2D eigenvalue weighted by molar-refractivity contribution is 8.68. The Kier molecular flexibility index (Phi) is 3.29. The van der Waals surface area contributed by atoms with Gasteiger partial charge in [-0.25, -0.2) is 14.6 Å². The first kappa shape index (κ1) is 12.2. The lowest BCUT2D eigenvalue weighted by Gasteiger charge is -2.08. The van der Waals surface area contributed by atoms with Crippen LogP contribution >= 0.6 is 22.5 Å². The minimum absolute atomic E-state index is 0.0499. The molecule has 0 amide bonds. The first-order valence-electron chi connectivity index (χ1n) is 4.28. The van der Waals surface area contributed by atoms with Crippen LogP contribution in [0.3, 0.4) is 0 Å². The van der Waals surface area contributed by atoms with Crippen LogP contribution in [0.1, 0.15) is 5.69 Å². The van der Waals surface area contributed by atoms with Gasteiger partial charge in [0, 0.05) is 18.5 Å². The monoisotopic (exact) mass is 278 g/mol. The van der Waals surface area contributed by atoms with Crippen molar-refractivity contribution in [1.29, 1.82) is 0 Å². The van der Waals surface area contributed by atoms with Crippen molar-refractivity contribution >= 4 is 22.5 Å². The summed E-state index contributed by atoms with van der Waals surface area (Å²) in [6, 6.07) is 2.42. The molecule has 2 heterocycles. The van der Waals surface area contributed by atoms with Gasteiger partial charge in [-0.1, -0.05) is 0 Å². The Morgan fingerprint density at radius 1 is 1.29 bits per heavy atom. The lowest BCUT2D eigenvalue weighted by atomic mass is 10.4. The van der Waals surface area contributed by atoms with Crippen LogP contribution < -0.4 is 0 Å². The topological polar surface area (TPSA) is 43.6 Å². The predicted octanol–water partition coefficient (Wildman–Crippen LogP) is 2.62. The number of hydrogen-bond acceptors (Lipinski definition) is 5. The standard InChI is InChI=1S/C8H5F3N4S2/c9-8(10,11)5-4-6(14-7(13-5)17-16)15-3-1-2-12-15/h1-4,16H. The van der Waals surface area contributed by atoms with Crippen LogP contribution in [0.25, 0.3) is 5.82 Å². The Balaban J connectivity index is 2.54. The van der Waals surface area contributed by atoms with Gasteiger partial charge < -0.3 is 0 Å². The van der Waals surface area contributed by atoms with Crippen molar-refractivity contribution in [2.24, 2.45) is 0 Å². The van der Waals surface area contributed by atoms with Crippen molar-refractivity contribution in [3.05, 3.63) is 30.2 Å². The van der Waals surface area contributed by atoms with E-state index in [1.807, 2.05) is 0 Å². The smallest absolute Gasteiger partial charge is 0.223 e. The van der Waals surface area contributed by atoms with E-state index in [0.29, 0.717) is 0 Å². The molecule has 0 aliphatic carbocycles. The summed E-state index contributed by atoms with van der Waals surface area (Å²) in [5, 5.41) is 3.73. The van der Waals surface area contributed by atoms with Crippen molar-refractivity contribution in [3.63, 3.8) is 0 Å². The van der Waals surface area contributed by atoms with E-state index in [0.717, 1.165) is 16.9 Å². The average molecular weight is 278 g/mol. The second-order valence-corrected chi connectivity index (χ2v) is 4.03. The van der Waals surface area contributed by atoms with Gasteiger partial charge in [0.1, 0.15) is 0 Å². The molecule has 0 fully saturated rings. The summed E-state index contributed by atoms with van der Waals surface area (Å²) in [5.41, 5.74) is -1.02. The van der Waals surface area contributed by atoms with Crippen molar-refractivity contribution in [3.8, 4) is 5.82 Å². The van der Waals surface area contributed by atoms with E-state index >= 15 is 0 Å². The lowest BCUT2D eigenvalue weighted by Crippen LogP contribution is -2.11. The number of halogens is 3. The number of hydrogen-bond donors (Lipinski definition) is 1. The van der Waals surface area contributed by atoms with Crippen LogP contribution in [-0.4, -0.2) is 19.7 Å². The first-order valence-corrected chi connectivity index (χ1v) is 6.15. The molecule has 0 spiro atoms. The van der Waals surface area contributed by atoms with Gasteiger partial charge in [0.2, 0.25) is 5.16 Å². The van der Waals surface area contributed by atoms with Crippen molar-refractivity contribution in [2.75, 3.05) is 0 Å². The van der Waals surface area contributed by atoms with Gasteiger partial charge in [0.25, 0.3) is 0 Å². The molecule has 17 heavy (non-hydrogen) atoms. The fraction of sp³-hybridized carbons (Fsp3) is 0.125. The third-order valence-corrected chi connectivity index (χ3v) is 2.64. The van der Waals surface area contributed by atoms with Gasteiger partial charge in [0.05, 0.1) is 0 Å². The molecule has 2 aromatic heterocycles. The number of rotatable bonds is 2. The zero-order valence-electron chi connectivity index (χ0n) is 8.09. The molecular weight excluding hydrogens is 273 g/mol. The van der Waals surface area contributed by atoms with Crippen LogP contribution in [0.2, 0.25) is 0 Å². The maximum Gasteiger partial charge on any atom is 0.433 e. The summed E-state index contributed by atoms with van der Waals surface area (Å²) in [6.45, 7) is 0. The molecule has 0 N–H and O–H groups in total. The zero-order chi connectivity index (χ0) is 12.5. The molecule has 0 bridgehead atoms. The molecular formula is C8H5F3N4S2. The van der Waals surface area contributed by atoms with Crippen molar-refractivity contribution < 1.29 is 13.2 Å². The SMILES string of the molecule is FC(F)(F)c1cc(-n2cccn2)nc(SS)n1. The van der Waals surface area contributed by atoms with Crippen molar-refractivity contribution in [1.82, 2.24) is 19.7 Å². The number of thiol groups is 1. The number of nitrogens with zero attached hydrogens (tertiary/aromatic N) is 4. The molecule has 90 valence electrons.